The second kappa shape index (κ2) is 10.3. The number of aryl methyl sites for hydroxylation is 1. The first-order valence-corrected chi connectivity index (χ1v) is 14.4. The summed E-state index contributed by atoms with van der Waals surface area (Å²) in [5.41, 5.74) is 8.65. The second-order valence-corrected chi connectivity index (χ2v) is 10.9. The molecule has 0 saturated heterocycles. The smallest absolute Gasteiger partial charge is 0.242 e. The predicted octanol–water partition coefficient (Wildman–Crippen LogP) is 7.31. The standard InChI is InChI=1S/C38H22N6.Pt/c1-41-24-42(34-21-10-9-20-33(34)41)26-14-11-15-27(22-26)44-32-19-8-6-17-29(32)36-30(23-39)35-28-16-5-7-18-31(28)43(37(35)40-38(36)44)25-12-3-2-4-13-25;/h2-12,14-21H,1H3;/q-2;. The summed E-state index contributed by atoms with van der Waals surface area (Å²) in [5.74, 6) is 0. The Morgan fingerprint density at radius 2 is 1.24 bits per heavy atom. The van der Waals surface area contributed by atoms with Crippen LogP contribution < -0.4 is 4.57 Å². The van der Waals surface area contributed by atoms with Crippen molar-refractivity contribution in [3.05, 3.63) is 139 Å². The van der Waals surface area contributed by atoms with Gasteiger partial charge in [0.05, 0.1) is 34.7 Å². The fourth-order valence-corrected chi connectivity index (χ4v) is 6.59. The summed E-state index contributed by atoms with van der Waals surface area (Å²) in [6, 6.07) is 48.2. The minimum Gasteiger partial charge on any atom is -0.342 e. The van der Waals surface area contributed by atoms with E-state index in [1.165, 1.54) is 0 Å². The number of hydrogen-bond acceptors (Lipinski definition) is 2. The van der Waals surface area contributed by atoms with Crippen molar-refractivity contribution in [3.63, 3.8) is 0 Å². The number of pyridine rings is 1. The van der Waals surface area contributed by atoms with Crippen LogP contribution in [0.25, 0.3) is 72.0 Å². The molecule has 45 heavy (non-hydrogen) atoms. The fraction of sp³-hybridized carbons (Fsp3) is 0.0263. The zero-order valence-corrected chi connectivity index (χ0v) is 26.2. The van der Waals surface area contributed by atoms with Crippen LogP contribution in [0.15, 0.2) is 115 Å². The van der Waals surface area contributed by atoms with Crippen LogP contribution in [-0.4, -0.2) is 18.7 Å². The molecule has 0 aliphatic heterocycles. The van der Waals surface area contributed by atoms with Crippen LogP contribution in [0.3, 0.4) is 0 Å². The minimum absolute atomic E-state index is 0. The zero-order valence-electron chi connectivity index (χ0n) is 24.0. The molecular formula is C38H22N6Pt-2. The van der Waals surface area contributed by atoms with Crippen molar-refractivity contribution in [1.29, 1.82) is 5.26 Å². The Balaban J connectivity index is 0.00000300. The van der Waals surface area contributed by atoms with Gasteiger partial charge in [0.2, 0.25) is 6.33 Å². The zero-order chi connectivity index (χ0) is 29.4. The molecule has 0 saturated carbocycles. The SMILES string of the molecule is C[n+]1[c-]n(-c2[c-]c(-n3c4ccccc4c4c(C#N)c5c6ccccc6n(-c6[c-]cccc6)c5nc43)ccc2)c2ccccc21.[Pt]. The van der Waals surface area contributed by atoms with Gasteiger partial charge in [-0.1, -0.05) is 77.7 Å². The molecule has 0 aliphatic carbocycles. The normalized spacial score (nSPS) is 11.5. The summed E-state index contributed by atoms with van der Waals surface area (Å²) < 4.78 is 8.25. The quantitative estimate of drug-likeness (QED) is 0.140. The van der Waals surface area contributed by atoms with Gasteiger partial charge in [-0.25, -0.2) is 4.98 Å². The average Bonchev–Trinajstić information content (AvgIpc) is 3.71. The van der Waals surface area contributed by atoms with Gasteiger partial charge in [0.1, 0.15) is 17.4 Å². The number of hydrogen-bond donors (Lipinski definition) is 0. The minimum atomic E-state index is 0. The number of fused-ring (bicyclic) bond motifs is 7. The molecular weight excluding hydrogens is 736 g/mol. The van der Waals surface area contributed by atoms with Crippen LogP contribution in [0.5, 0.6) is 0 Å². The van der Waals surface area contributed by atoms with Gasteiger partial charge in [-0.05, 0) is 12.1 Å². The maximum absolute atomic E-state index is 10.8. The first-order valence-electron chi connectivity index (χ1n) is 14.4. The Labute approximate surface area is 272 Å². The molecule has 7 heteroatoms. The Morgan fingerprint density at radius 3 is 1.91 bits per heavy atom. The van der Waals surface area contributed by atoms with Crippen molar-refractivity contribution < 1.29 is 25.6 Å². The first-order chi connectivity index (χ1) is 21.7. The van der Waals surface area contributed by atoms with E-state index in [0.717, 1.165) is 66.3 Å². The van der Waals surface area contributed by atoms with Crippen molar-refractivity contribution >= 4 is 54.9 Å². The van der Waals surface area contributed by atoms with E-state index in [0.29, 0.717) is 11.2 Å². The number of aromatic nitrogens is 5. The summed E-state index contributed by atoms with van der Waals surface area (Å²) in [7, 11) is 2.00. The molecule has 0 bridgehead atoms. The second-order valence-electron chi connectivity index (χ2n) is 10.9. The molecule has 0 atom stereocenters. The Hall–Kier alpha value is -5.50. The number of nitriles is 1. The van der Waals surface area contributed by atoms with E-state index in [1.807, 2.05) is 95.0 Å². The number of rotatable bonds is 3. The Kier molecular flexibility index (Phi) is 6.20. The third-order valence-corrected chi connectivity index (χ3v) is 8.44. The third kappa shape index (κ3) is 3.84. The summed E-state index contributed by atoms with van der Waals surface area (Å²) in [6.45, 7) is 0. The molecule has 9 rings (SSSR count). The predicted molar refractivity (Wildman–Crippen MR) is 172 cm³/mol. The van der Waals surface area contributed by atoms with E-state index in [2.05, 4.69) is 70.1 Å². The maximum atomic E-state index is 10.8. The number of para-hydroxylation sites is 5. The summed E-state index contributed by atoms with van der Waals surface area (Å²) in [6.07, 6.45) is 3.43. The van der Waals surface area contributed by atoms with Gasteiger partial charge in [0.25, 0.3) is 0 Å². The van der Waals surface area contributed by atoms with E-state index in [4.69, 9.17) is 4.98 Å². The molecule has 6 nitrogen and oxygen atoms in total. The molecule has 5 aromatic carbocycles. The van der Waals surface area contributed by atoms with Crippen molar-refractivity contribution in [3.8, 4) is 23.1 Å². The number of nitrogens with zero attached hydrogens (tertiary/aromatic N) is 6. The van der Waals surface area contributed by atoms with Gasteiger partial charge in [0, 0.05) is 42.6 Å². The van der Waals surface area contributed by atoms with Gasteiger partial charge < -0.3 is 18.3 Å². The van der Waals surface area contributed by atoms with Crippen molar-refractivity contribution in [2.24, 2.45) is 7.05 Å². The van der Waals surface area contributed by atoms with E-state index >= 15 is 0 Å². The molecule has 4 aromatic heterocycles. The van der Waals surface area contributed by atoms with Crippen molar-refractivity contribution in [2.75, 3.05) is 0 Å². The van der Waals surface area contributed by atoms with Gasteiger partial charge >= 0.3 is 0 Å². The van der Waals surface area contributed by atoms with Crippen LogP contribution >= 0.6 is 0 Å². The molecule has 0 N–H and O–H groups in total. The molecule has 0 aliphatic rings. The summed E-state index contributed by atoms with van der Waals surface area (Å²) >= 11 is 0. The number of benzene rings is 5. The fourth-order valence-electron chi connectivity index (χ4n) is 6.59. The van der Waals surface area contributed by atoms with Crippen LogP contribution in [-0.2, 0) is 28.1 Å². The Bertz CT molecular complexity index is 2640. The van der Waals surface area contributed by atoms with Crippen LogP contribution in [0.2, 0.25) is 0 Å². The third-order valence-electron chi connectivity index (χ3n) is 8.44. The molecule has 0 radical (unpaired) electrons. The van der Waals surface area contributed by atoms with Crippen molar-refractivity contribution in [2.45, 2.75) is 0 Å². The average molecular weight is 758 g/mol. The largest absolute Gasteiger partial charge is 0.342 e. The summed E-state index contributed by atoms with van der Waals surface area (Å²) in [5, 5.41) is 14.4. The first kappa shape index (κ1) is 27.1. The van der Waals surface area contributed by atoms with Crippen LogP contribution in [0.4, 0.5) is 0 Å². The van der Waals surface area contributed by atoms with Crippen LogP contribution in [0, 0.1) is 29.8 Å². The molecule has 0 spiro atoms. The Morgan fingerprint density at radius 1 is 0.667 bits per heavy atom. The topological polar surface area (TPSA) is 55.4 Å². The molecule has 0 unspecified atom stereocenters. The summed E-state index contributed by atoms with van der Waals surface area (Å²) in [4.78, 5) is 5.39. The molecule has 4 heterocycles. The van der Waals surface area contributed by atoms with Gasteiger partial charge in [0.15, 0.2) is 0 Å². The van der Waals surface area contributed by atoms with Gasteiger partial charge in [-0.3, -0.25) is 0 Å². The van der Waals surface area contributed by atoms with E-state index < -0.39 is 0 Å². The molecule has 0 fully saturated rings. The molecule has 216 valence electrons. The van der Waals surface area contributed by atoms with Gasteiger partial charge in [-0.15, -0.1) is 12.1 Å². The maximum Gasteiger partial charge on any atom is 0.242 e. The van der Waals surface area contributed by atoms with E-state index in [1.54, 1.807) is 0 Å². The number of imidazole rings is 1. The molecule has 0 amide bonds. The molecule has 9 aromatic rings. The van der Waals surface area contributed by atoms with E-state index in [9.17, 15) is 5.26 Å². The van der Waals surface area contributed by atoms with Gasteiger partial charge in [-0.2, -0.15) is 47.7 Å². The monoisotopic (exact) mass is 757 g/mol. The van der Waals surface area contributed by atoms with E-state index in [-0.39, 0.29) is 21.1 Å². The van der Waals surface area contributed by atoms with Crippen LogP contribution in [0.1, 0.15) is 5.56 Å². The van der Waals surface area contributed by atoms with Crippen molar-refractivity contribution in [1.82, 2.24) is 18.7 Å².